The zero-order chi connectivity index (χ0) is 25.8. The molecule has 0 spiro atoms. The molecule has 1 aliphatic rings. The summed E-state index contributed by atoms with van der Waals surface area (Å²) in [5.41, 5.74) is 1.02. The van der Waals surface area contributed by atoms with Crippen LogP contribution in [0.3, 0.4) is 0 Å². The number of anilines is 1. The first-order valence-electron chi connectivity index (χ1n) is 11.2. The largest absolute Gasteiger partial charge is 0.352 e. The van der Waals surface area contributed by atoms with E-state index in [9.17, 15) is 18.0 Å². The second kappa shape index (κ2) is 12.0. The molecule has 1 fully saturated rings. The lowest BCUT2D eigenvalue weighted by Gasteiger charge is -2.32. The molecular weight excluding hydrogens is 577 g/mol. The van der Waals surface area contributed by atoms with E-state index >= 15 is 0 Å². The molecule has 0 aliphatic heterocycles. The van der Waals surface area contributed by atoms with Crippen LogP contribution in [0.4, 0.5) is 5.69 Å². The number of carbonyl (C=O) groups is 2. The second-order valence-corrected chi connectivity index (χ2v) is 12.3. The van der Waals surface area contributed by atoms with Gasteiger partial charge in [0.25, 0.3) is 0 Å². The number of sulfonamides is 1. The van der Waals surface area contributed by atoms with E-state index in [2.05, 4.69) is 21.2 Å². The molecular formula is C24H28BrCl2N3O4S. The third-order valence-corrected chi connectivity index (χ3v) is 8.41. The summed E-state index contributed by atoms with van der Waals surface area (Å²) >= 11 is 15.5. The minimum Gasteiger partial charge on any atom is -0.352 e. The Hall–Kier alpha value is -1.81. The molecule has 11 heteroatoms. The summed E-state index contributed by atoms with van der Waals surface area (Å²) in [6, 6.07) is 11.0. The van der Waals surface area contributed by atoms with Gasteiger partial charge in [-0.05, 0) is 55.7 Å². The number of nitrogens with zero attached hydrogens (tertiary/aromatic N) is 2. The Morgan fingerprint density at radius 1 is 1.09 bits per heavy atom. The summed E-state index contributed by atoms with van der Waals surface area (Å²) < 4.78 is 27.1. The number of rotatable bonds is 9. The normalized spacial score (nSPS) is 15.0. The van der Waals surface area contributed by atoms with Crippen LogP contribution in [0.2, 0.25) is 10.0 Å². The van der Waals surface area contributed by atoms with Crippen LogP contribution in [0.5, 0.6) is 0 Å². The lowest BCUT2D eigenvalue weighted by atomic mass is 10.1. The molecule has 0 radical (unpaired) electrons. The summed E-state index contributed by atoms with van der Waals surface area (Å²) in [4.78, 5) is 28.0. The molecule has 1 N–H and O–H groups in total. The molecule has 0 saturated heterocycles. The maximum Gasteiger partial charge on any atom is 0.244 e. The number of carbonyl (C=O) groups excluding carboxylic acids is 2. The van der Waals surface area contributed by atoms with Crippen molar-refractivity contribution in [3.63, 3.8) is 0 Å². The van der Waals surface area contributed by atoms with Crippen LogP contribution < -0.4 is 9.62 Å². The Kier molecular flexibility index (Phi) is 9.48. The van der Waals surface area contributed by atoms with E-state index < -0.39 is 28.5 Å². The van der Waals surface area contributed by atoms with E-state index in [0.29, 0.717) is 0 Å². The lowest BCUT2D eigenvalue weighted by molar-refractivity contribution is -0.139. The molecule has 7 nitrogen and oxygen atoms in total. The fourth-order valence-electron chi connectivity index (χ4n) is 4.01. The van der Waals surface area contributed by atoms with E-state index in [0.717, 1.165) is 46.3 Å². The Bertz CT molecular complexity index is 1170. The van der Waals surface area contributed by atoms with Crippen LogP contribution in [0, 0.1) is 0 Å². The standard InChI is InChI=1S/C24H28BrCl2N3O4S/c1-16(24(32)28-19-5-3-4-6-19)29(14-17-7-9-18(25)10-8-17)23(31)15-30(35(2,33)34)20-11-12-21(26)22(27)13-20/h7-13,16,19H,3-6,14-15H2,1-2H3,(H,28,32). The van der Waals surface area contributed by atoms with Crippen molar-refractivity contribution in [2.75, 3.05) is 17.1 Å². The predicted octanol–water partition coefficient (Wildman–Crippen LogP) is 5.00. The van der Waals surface area contributed by atoms with Crippen molar-refractivity contribution in [2.24, 2.45) is 0 Å². The van der Waals surface area contributed by atoms with Gasteiger partial charge in [0.05, 0.1) is 22.0 Å². The van der Waals surface area contributed by atoms with Gasteiger partial charge in [-0.15, -0.1) is 0 Å². The topological polar surface area (TPSA) is 86.8 Å². The molecule has 2 aromatic rings. The Morgan fingerprint density at radius 3 is 2.29 bits per heavy atom. The van der Waals surface area contributed by atoms with Gasteiger partial charge in [0.1, 0.15) is 12.6 Å². The Balaban J connectivity index is 1.88. The third kappa shape index (κ3) is 7.59. The molecule has 190 valence electrons. The van der Waals surface area contributed by atoms with Gasteiger partial charge in [0.2, 0.25) is 21.8 Å². The van der Waals surface area contributed by atoms with E-state index in [1.165, 1.54) is 23.1 Å². The van der Waals surface area contributed by atoms with Gasteiger partial charge in [-0.25, -0.2) is 8.42 Å². The Morgan fingerprint density at radius 2 is 1.71 bits per heavy atom. The SMILES string of the molecule is CC(C(=O)NC1CCCC1)N(Cc1ccc(Br)cc1)C(=O)CN(c1ccc(Cl)c(Cl)c1)S(C)(=O)=O. The van der Waals surface area contributed by atoms with Crippen LogP contribution in [0.25, 0.3) is 0 Å². The quantitative estimate of drug-likeness (QED) is 0.436. The van der Waals surface area contributed by atoms with Gasteiger partial charge in [-0.2, -0.15) is 0 Å². The van der Waals surface area contributed by atoms with Crippen LogP contribution in [-0.4, -0.2) is 50.0 Å². The molecule has 0 aromatic heterocycles. The highest BCUT2D eigenvalue weighted by molar-refractivity contribution is 9.10. The number of amides is 2. The molecule has 3 rings (SSSR count). The minimum atomic E-state index is -3.84. The Labute approximate surface area is 224 Å². The highest BCUT2D eigenvalue weighted by Gasteiger charge is 2.31. The number of hydrogen-bond donors (Lipinski definition) is 1. The summed E-state index contributed by atoms with van der Waals surface area (Å²) in [7, 11) is -3.84. The number of nitrogens with one attached hydrogen (secondary N) is 1. The molecule has 2 amide bonds. The van der Waals surface area contributed by atoms with E-state index in [-0.39, 0.29) is 34.2 Å². The van der Waals surface area contributed by atoms with E-state index in [4.69, 9.17) is 23.2 Å². The average molecular weight is 605 g/mol. The molecule has 0 heterocycles. The molecule has 1 aliphatic carbocycles. The molecule has 1 unspecified atom stereocenters. The average Bonchev–Trinajstić information content (AvgIpc) is 3.30. The molecule has 35 heavy (non-hydrogen) atoms. The summed E-state index contributed by atoms with van der Waals surface area (Å²) in [5, 5.41) is 3.47. The van der Waals surface area contributed by atoms with Gasteiger partial charge in [0, 0.05) is 17.1 Å². The van der Waals surface area contributed by atoms with Crippen LogP contribution in [-0.2, 0) is 26.2 Å². The summed E-state index contributed by atoms with van der Waals surface area (Å²) in [5.74, 6) is -0.777. The van der Waals surface area contributed by atoms with Gasteiger partial charge >= 0.3 is 0 Å². The first-order valence-corrected chi connectivity index (χ1v) is 14.6. The van der Waals surface area contributed by atoms with Crippen molar-refractivity contribution >= 4 is 66.7 Å². The maximum atomic E-state index is 13.6. The second-order valence-electron chi connectivity index (χ2n) is 8.68. The van der Waals surface area contributed by atoms with E-state index in [1.807, 2.05) is 24.3 Å². The predicted molar refractivity (Wildman–Crippen MR) is 143 cm³/mol. The van der Waals surface area contributed by atoms with Crippen molar-refractivity contribution in [3.8, 4) is 0 Å². The zero-order valence-corrected chi connectivity index (χ0v) is 23.4. The monoisotopic (exact) mass is 603 g/mol. The van der Waals surface area contributed by atoms with Gasteiger partial charge in [-0.1, -0.05) is 64.1 Å². The maximum absolute atomic E-state index is 13.6. The van der Waals surface area contributed by atoms with Crippen LogP contribution in [0.1, 0.15) is 38.2 Å². The van der Waals surface area contributed by atoms with Crippen LogP contribution in [0.15, 0.2) is 46.9 Å². The molecule has 1 atom stereocenters. The van der Waals surface area contributed by atoms with Gasteiger partial charge in [-0.3, -0.25) is 13.9 Å². The van der Waals surface area contributed by atoms with Gasteiger partial charge < -0.3 is 10.2 Å². The van der Waals surface area contributed by atoms with Crippen LogP contribution >= 0.6 is 39.1 Å². The van der Waals surface area contributed by atoms with Crippen molar-refractivity contribution in [2.45, 2.75) is 51.2 Å². The highest BCUT2D eigenvalue weighted by atomic mass is 79.9. The van der Waals surface area contributed by atoms with Crippen molar-refractivity contribution in [3.05, 3.63) is 62.5 Å². The lowest BCUT2D eigenvalue weighted by Crippen LogP contribution is -2.52. The first-order chi connectivity index (χ1) is 16.5. The summed E-state index contributed by atoms with van der Waals surface area (Å²) in [6.45, 7) is 1.31. The highest BCUT2D eigenvalue weighted by Crippen LogP contribution is 2.29. The van der Waals surface area contributed by atoms with E-state index in [1.54, 1.807) is 6.92 Å². The smallest absolute Gasteiger partial charge is 0.244 e. The molecule has 1 saturated carbocycles. The fraction of sp³-hybridized carbons (Fsp3) is 0.417. The first kappa shape index (κ1) is 27.8. The van der Waals surface area contributed by atoms with Crippen molar-refractivity contribution in [1.29, 1.82) is 0 Å². The third-order valence-electron chi connectivity index (χ3n) is 6.01. The number of benzene rings is 2. The molecule has 2 aromatic carbocycles. The van der Waals surface area contributed by atoms with Crippen molar-refractivity contribution in [1.82, 2.24) is 10.2 Å². The number of halogens is 3. The summed E-state index contributed by atoms with van der Waals surface area (Å²) in [6.07, 6.45) is 4.97. The minimum absolute atomic E-state index is 0.0957. The van der Waals surface area contributed by atoms with Crippen molar-refractivity contribution < 1.29 is 18.0 Å². The molecule has 0 bridgehead atoms. The zero-order valence-electron chi connectivity index (χ0n) is 19.5. The van der Waals surface area contributed by atoms with Gasteiger partial charge in [0.15, 0.2) is 0 Å². The fourth-order valence-corrected chi connectivity index (χ4v) is 5.41. The number of hydrogen-bond acceptors (Lipinski definition) is 4.